The number of halogens is 1. The molecule has 1 N–H and O–H groups in total. The van der Waals surface area contributed by atoms with Gasteiger partial charge < -0.3 is 19.0 Å². The molecule has 0 aromatic carbocycles. The summed E-state index contributed by atoms with van der Waals surface area (Å²) in [5.41, 5.74) is 5.17. The molecule has 0 unspecified atom stereocenters. The number of aromatic nitrogens is 3. The van der Waals surface area contributed by atoms with E-state index in [9.17, 15) is 4.79 Å². The van der Waals surface area contributed by atoms with Crippen molar-refractivity contribution in [3.05, 3.63) is 39.4 Å². The standard InChI is InChI=1S/C18H23BrN4O3/c1-5-23-12(3)13(11(2)21-23)10-20-18(24)15-8-16-14(9-17(19)26-16)22(15)6-7-25-4/h8-9H,5-7,10H2,1-4H3,(H,20,24). The van der Waals surface area contributed by atoms with Crippen LogP contribution in [0.25, 0.3) is 11.1 Å². The first-order valence-corrected chi connectivity index (χ1v) is 9.34. The SMILES string of the molecule is CCn1nc(C)c(CNC(=O)c2cc3oc(Br)cc3n2CCOC)c1C. The summed E-state index contributed by atoms with van der Waals surface area (Å²) in [6.07, 6.45) is 0. The second kappa shape index (κ2) is 7.67. The molecule has 0 aliphatic rings. The molecule has 0 aliphatic heterocycles. The van der Waals surface area contributed by atoms with E-state index in [-0.39, 0.29) is 5.91 Å². The van der Waals surface area contributed by atoms with Gasteiger partial charge in [0.05, 0.1) is 17.8 Å². The number of fused-ring (bicyclic) bond motifs is 1. The first kappa shape index (κ1) is 18.7. The van der Waals surface area contributed by atoms with E-state index in [2.05, 4.69) is 33.3 Å². The van der Waals surface area contributed by atoms with Crippen LogP contribution in [0.1, 0.15) is 34.4 Å². The Kier molecular flexibility index (Phi) is 5.52. The van der Waals surface area contributed by atoms with Crippen LogP contribution in [-0.2, 0) is 24.4 Å². The van der Waals surface area contributed by atoms with Gasteiger partial charge in [-0.3, -0.25) is 9.48 Å². The van der Waals surface area contributed by atoms with Crippen LogP contribution >= 0.6 is 15.9 Å². The smallest absolute Gasteiger partial charge is 0.268 e. The van der Waals surface area contributed by atoms with Gasteiger partial charge in [-0.1, -0.05) is 0 Å². The molecule has 140 valence electrons. The third-order valence-electron chi connectivity index (χ3n) is 4.57. The molecule has 0 radical (unpaired) electrons. The zero-order valence-corrected chi connectivity index (χ0v) is 17.0. The lowest BCUT2D eigenvalue weighted by Gasteiger charge is -2.10. The molecular weight excluding hydrogens is 400 g/mol. The fourth-order valence-electron chi connectivity index (χ4n) is 3.18. The van der Waals surface area contributed by atoms with Gasteiger partial charge in [-0.05, 0) is 36.7 Å². The monoisotopic (exact) mass is 422 g/mol. The molecule has 0 atom stereocenters. The Morgan fingerprint density at radius 2 is 2.15 bits per heavy atom. The number of rotatable bonds is 7. The Bertz CT molecular complexity index is 938. The number of aryl methyl sites for hydroxylation is 2. The van der Waals surface area contributed by atoms with Crippen LogP contribution < -0.4 is 5.32 Å². The Morgan fingerprint density at radius 3 is 2.81 bits per heavy atom. The number of amides is 1. The molecule has 0 fully saturated rings. The van der Waals surface area contributed by atoms with Gasteiger partial charge in [0.25, 0.3) is 5.91 Å². The number of nitrogens with zero attached hydrogens (tertiary/aromatic N) is 3. The zero-order valence-electron chi connectivity index (χ0n) is 15.4. The van der Waals surface area contributed by atoms with Gasteiger partial charge in [0.1, 0.15) is 5.69 Å². The largest absolute Gasteiger partial charge is 0.448 e. The molecule has 3 aromatic rings. The van der Waals surface area contributed by atoms with E-state index >= 15 is 0 Å². The van der Waals surface area contributed by atoms with Gasteiger partial charge in [0.15, 0.2) is 10.3 Å². The predicted molar refractivity (Wildman–Crippen MR) is 102 cm³/mol. The third kappa shape index (κ3) is 3.43. The average molecular weight is 423 g/mol. The highest BCUT2D eigenvalue weighted by Gasteiger charge is 2.19. The molecule has 0 saturated carbocycles. The van der Waals surface area contributed by atoms with Gasteiger partial charge in [0, 0.05) is 50.1 Å². The summed E-state index contributed by atoms with van der Waals surface area (Å²) >= 11 is 3.33. The van der Waals surface area contributed by atoms with Crippen molar-refractivity contribution < 1.29 is 13.9 Å². The summed E-state index contributed by atoms with van der Waals surface area (Å²) in [7, 11) is 1.64. The van der Waals surface area contributed by atoms with Crippen LogP contribution in [-0.4, -0.2) is 34.0 Å². The molecule has 0 bridgehead atoms. The Labute approximate surface area is 160 Å². The Balaban J connectivity index is 1.83. The average Bonchev–Trinajstić information content (AvgIpc) is 3.22. The van der Waals surface area contributed by atoms with Gasteiger partial charge in [-0.25, -0.2) is 0 Å². The summed E-state index contributed by atoms with van der Waals surface area (Å²) in [4.78, 5) is 12.8. The van der Waals surface area contributed by atoms with E-state index in [1.807, 2.05) is 29.2 Å². The van der Waals surface area contributed by atoms with Gasteiger partial charge in [0.2, 0.25) is 0 Å². The lowest BCUT2D eigenvalue weighted by molar-refractivity contribution is 0.0939. The summed E-state index contributed by atoms with van der Waals surface area (Å²) in [6.45, 7) is 8.37. The fourth-order valence-corrected chi connectivity index (χ4v) is 3.57. The van der Waals surface area contributed by atoms with Crippen molar-refractivity contribution in [1.29, 1.82) is 0 Å². The van der Waals surface area contributed by atoms with E-state index in [0.29, 0.717) is 35.6 Å². The number of nitrogens with one attached hydrogen (secondary N) is 1. The van der Waals surface area contributed by atoms with Gasteiger partial charge >= 0.3 is 0 Å². The first-order chi connectivity index (χ1) is 12.5. The van der Waals surface area contributed by atoms with E-state index in [1.165, 1.54) is 0 Å². The first-order valence-electron chi connectivity index (χ1n) is 8.54. The van der Waals surface area contributed by atoms with Crippen molar-refractivity contribution in [3.63, 3.8) is 0 Å². The molecule has 0 aliphatic carbocycles. The maximum absolute atomic E-state index is 12.8. The number of hydrogen-bond acceptors (Lipinski definition) is 4. The highest BCUT2D eigenvalue weighted by molar-refractivity contribution is 9.10. The maximum atomic E-state index is 12.8. The van der Waals surface area contributed by atoms with Gasteiger partial charge in [-0.15, -0.1) is 0 Å². The molecule has 3 rings (SSSR count). The van der Waals surface area contributed by atoms with Crippen molar-refractivity contribution >= 4 is 32.9 Å². The highest BCUT2D eigenvalue weighted by Crippen LogP contribution is 2.27. The van der Waals surface area contributed by atoms with Crippen LogP contribution in [0.5, 0.6) is 0 Å². The number of ether oxygens (including phenoxy) is 1. The molecule has 0 saturated heterocycles. The highest BCUT2D eigenvalue weighted by atomic mass is 79.9. The maximum Gasteiger partial charge on any atom is 0.268 e. The molecular formula is C18H23BrN4O3. The van der Waals surface area contributed by atoms with E-state index in [1.54, 1.807) is 13.2 Å². The molecule has 0 spiro atoms. The Hall–Kier alpha value is -2.06. The molecule has 7 nitrogen and oxygen atoms in total. The molecule has 3 heterocycles. The number of furan rings is 1. The van der Waals surface area contributed by atoms with Crippen LogP contribution in [0.15, 0.2) is 21.2 Å². The molecule has 1 amide bonds. The Morgan fingerprint density at radius 1 is 1.38 bits per heavy atom. The van der Waals surface area contributed by atoms with Crippen LogP contribution in [0.2, 0.25) is 0 Å². The number of hydrogen-bond donors (Lipinski definition) is 1. The number of carbonyl (C=O) groups is 1. The molecule has 8 heteroatoms. The van der Waals surface area contributed by atoms with Crippen molar-refractivity contribution in [2.75, 3.05) is 13.7 Å². The number of carbonyl (C=O) groups excluding carboxylic acids is 1. The summed E-state index contributed by atoms with van der Waals surface area (Å²) in [6, 6.07) is 3.63. The minimum absolute atomic E-state index is 0.147. The lowest BCUT2D eigenvalue weighted by atomic mass is 10.2. The fraction of sp³-hybridized carbons (Fsp3) is 0.444. The van der Waals surface area contributed by atoms with Crippen molar-refractivity contribution in [2.45, 2.75) is 40.4 Å². The van der Waals surface area contributed by atoms with Gasteiger partial charge in [-0.2, -0.15) is 5.10 Å². The lowest BCUT2D eigenvalue weighted by Crippen LogP contribution is -2.26. The minimum Gasteiger partial charge on any atom is -0.448 e. The van der Waals surface area contributed by atoms with Crippen LogP contribution in [0.3, 0.4) is 0 Å². The van der Waals surface area contributed by atoms with Crippen molar-refractivity contribution in [1.82, 2.24) is 19.7 Å². The topological polar surface area (TPSA) is 74.2 Å². The quantitative estimate of drug-likeness (QED) is 0.632. The second-order valence-corrected chi connectivity index (χ2v) is 6.90. The predicted octanol–water partition coefficient (Wildman–Crippen LogP) is 3.41. The minimum atomic E-state index is -0.147. The third-order valence-corrected chi connectivity index (χ3v) is 4.96. The van der Waals surface area contributed by atoms with Crippen LogP contribution in [0, 0.1) is 13.8 Å². The van der Waals surface area contributed by atoms with E-state index < -0.39 is 0 Å². The normalized spacial score (nSPS) is 11.4. The van der Waals surface area contributed by atoms with Crippen molar-refractivity contribution in [2.24, 2.45) is 0 Å². The summed E-state index contributed by atoms with van der Waals surface area (Å²) in [5, 5.41) is 7.51. The van der Waals surface area contributed by atoms with Crippen LogP contribution in [0.4, 0.5) is 0 Å². The van der Waals surface area contributed by atoms with Crippen molar-refractivity contribution in [3.8, 4) is 0 Å². The number of methoxy groups -OCH3 is 1. The van der Waals surface area contributed by atoms with E-state index in [4.69, 9.17) is 9.15 Å². The second-order valence-electron chi connectivity index (χ2n) is 6.12. The van der Waals surface area contributed by atoms with E-state index in [0.717, 1.165) is 29.0 Å². The molecule has 3 aromatic heterocycles. The summed E-state index contributed by atoms with van der Waals surface area (Å²) < 4.78 is 15.3. The summed E-state index contributed by atoms with van der Waals surface area (Å²) in [5.74, 6) is -0.147. The zero-order chi connectivity index (χ0) is 18.8. The molecule has 26 heavy (non-hydrogen) atoms.